The first kappa shape index (κ1) is 9.36. The van der Waals surface area contributed by atoms with Crippen LogP contribution in [0.15, 0.2) is 24.3 Å². The maximum atomic E-state index is 11.3. The highest BCUT2D eigenvalue weighted by molar-refractivity contribution is 7.93. The molecule has 0 bridgehead atoms. The van der Waals surface area contributed by atoms with E-state index in [0.29, 0.717) is 0 Å². The molecular formula is C11H12O3S. The van der Waals surface area contributed by atoms with E-state index in [2.05, 4.69) is 0 Å². The third kappa shape index (κ3) is 1.18. The van der Waals surface area contributed by atoms with Gasteiger partial charge in [-0.15, -0.1) is 0 Å². The van der Waals surface area contributed by atoms with Crippen LogP contribution in [-0.4, -0.2) is 19.9 Å². The second kappa shape index (κ2) is 2.62. The maximum Gasteiger partial charge on any atom is 0.156 e. The lowest BCUT2D eigenvalue weighted by atomic mass is 9.94. The van der Waals surface area contributed by atoms with Crippen molar-refractivity contribution in [2.45, 2.75) is 18.6 Å². The summed E-state index contributed by atoms with van der Waals surface area (Å²) in [6.45, 7) is 1.97. The smallest absolute Gasteiger partial charge is 0.156 e. The van der Waals surface area contributed by atoms with E-state index < -0.39 is 15.4 Å². The van der Waals surface area contributed by atoms with Crippen LogP contribution in [0.25, 0.3) is 0 Å². The van der Waals surface area contributed by atoms with E-state index in [9.17, 15) is 8.42 Å². The summed E-state index contributed by atoms with van der Waals surface area (Å²) in [5, 5.41) is 0. The van der Waals surface area contributed by atoms with Gasteiger partial charge in [-0.1, -0.05) is 24.3 Å². The van der Waals surface area contributed by atoms with Crippen LogP contribution < -0.4 is 0 Å². The summed E-state index contributed by atoms with van der Waals surface area (Å²) in [6.07, 6.45) is 0.0108. The highest BCUT2D eigenvalue weighted by Gasteiger charge is 2.56. The third-order valence-corrected chi connectivity index (χ3v) is 5.01. The second-order valence-electron chi connectivity index (χ2n) is 4.37. The van der Waals surface area contributed by atoms with Crippen LogP contribution in [0.3, 0.4) is 0 Å². The van der Waals surface area contributed by atoms with Crippen molar-refractivity contribution in [3.63, 3.8) is 0 Å². The summed E-state index contributed by atoms with van der Waals surface area (Å²) < 4.78 is 28.4. The van der Waals surface area contributed by atoms with Crippen molar-refractivity contribution in [2.75, 3.05) is 11.5 Å². The van der Waals surface area contributed by atoms with Crippen LogP contribution >= 0.6 is 0 Å². The van der Waals surface area contributed by atoms with Gasteiger partial charge in [0.2, 0.25) is 0 Å². The molecule has 3 nitrogen and oxygen atoms in total. The molecule has 2 aliphatic rings. The van der Waals surface area contributed by atoms with E-state index in [0.717, 1.165) is 11.1 Å². The number of ether oxygens (including phenoxy) is 1. The van der Waals surface area contributed by atoms with Crippen LogP contribution in [-0.2, 0) is 20.2 Å². The van der Waals surface area contributed by atoms with Gasteiger partial charge in [-0.05, 0) is 18.1 Å². The molecule has 2 aliphatic heterocycles. The molecule has 0 aromatic heterocycles. The van der Waals surface area contributed by atoms with Crippen molar-refractivity contribution < 1.29 is 13.2 Å². The Labute approximate surface area is 89.0 Å². The monoisotopic (exact) mass is 224 g/mol. The second-order valence-corrected chi connectivity index (χ2v) is 6.44. The Kier molecular flexibility index (Phi) is 1.64. The Bertz CT molecular complexity index is 506. The molecule has 2 heterocycles. The van der Waals surface area contributed by atoms with Crippen LogP contribution in [0, 0.1) is 0 Å². The quantitative estimate of drug-likeness (QED) is 0.669. The zero-order chi connectivity index (χ0) is 10.7. The van der Waals surface area contributed by atoms with Gasteiger partial charge >= 0.3 is 0 Å². The average Bonchev–Trinajstić information content (AvgIpc) is 2.39. The molecule has 80 valence electrons. The molecular weight excluding hydrogens is 212 g/mol. The molecule has 1 aromatic carbocycles. The van der Waals surface area contributed by atoms with Gasteiger partial charge in [-0.2, -0.15) is 0 Å². The van der Waals surface area contributed by atoms with Gasteiger partial charge in [0.1, 0.15) is 5.60 Å². The van der Waals surface area contributed by atoms with Gasteiger partial charge in [0.05, 0.1) is 17.6 Å². The van der Waals surface area contributed by atoms with Gasteiger partial charge in [-0.3, -0.25) is 0 Å². The zero-order valence-corrected chi connectivity index (χ0v) is 9.25. The fourth-order valence-corrected chi connectivity index (χ4v) is 4.41. The molecule has 15 heavy (non-hydrogen) atoms. The minimum absolute atomic E-state index is 0.0108. The molecule has 1 aromatic rings. The molecule has 0 amide bonds. The largest absolute Gasteiger partial charge is 0.361 e. The van der Waals surface area contributed by atoms with Crippen molar-refractivity contribution >= 4 is 9.84 Å². The van der Waals surface area contributed by atoms with E-state index in [1.807, 2.05) is 31.2 Å². The number of rotatable bonds is 0. The maximum absolute atomic E-state index is 11.3. The molecule has 0 aliphatic carbocycles. The number of fused-ring (bicyclic) bond motifs is 2. The van der Waals surface area contributed by atoms with Crippen molar-refractivity contribution in [3.05, 3.63) is 35.4 Å². The van der Waals surface area contributed by atoms with E-state index in [1.54, 1.807) is 0 Å². The van der Waals surface area contributed by atoms with Crippen LogP contribution in [0.4, 0.5) is 0 Å². The first-order chi connectivity index (χ1) is 7.03. The lowest BCUT2D eigenvalue weighted by molar-refractivity contribution is -0.0484. The number of benzene rings is 1. The number of sulfone groups is 1. The summed E-state index contributed by atoms with van der Waals surface area (Å²) >= 11 is 0. The molecule has 1 saturated heterocycles. The lowest BCUT2D eigenvalue weighted by Crippen LogP contribution is -2.52. The van der Waals surface area contributed by atoms with E-state index in [4.69, 9.17) is 4.74 Å². The van der Waals surface area contributed by atoms with Gasteiger partial charge in [0.15, 0.2) is 9.84 Å². The summed E-state index contributed by atoms with van der Waals surface area (Å²) in [7, 11) is -2.86. The average molecular weight is 224 g/mol. The van der Waals surface area contributed by atoms with Gasteiger partial charge < -0.3 is 4.74 Å². The predicted octanol–water partition coefficient (Wildman–Crippen LogP) is 1.40. The Hall–Kier alpha value is -0.870. The molecule has 1 atom stereocenters. The highest BCUT2D eigenvalue weighted by atomic mass is 32.2. The van der Waals surface area contributed by atoms with E-state index in [1.165, 1.54) is 0 Å². The predicted molar refractivity (Wildman–Crippen MR) is 56.3 cm³/mol. The van der Waals surface area contributed by atoms with Crippen molar-refractivity contribution in [2.24, 2.45) is 0 Å². The first-order valence-electron chi connectivity index (χ1n) is 5.00. The minimum Gasteiger partial charge on any atom is -0.361 e. The number of hydrogen-bond donors (Lipinski definition) is 0. The van der Waals surface area contributed by atoms with E-state index in [-0.39, 0.29) is 17.6 Å². The number of hydrogen-bond acceptors (Lipinski definition) is 3. The summed E-state index contributed by atoms with van der Waals surface area (Å²) in [4.78, 5) is 0. The Morgan fingerprint density at radius 1 is 1.33 bits per heavy atom. The van der Waals surface area contributed by atoms with Gasteiger partial charge in [0.25, 0.3) is 0 Å². The van der Waals surface area contributed by atoms with E-state index >= 15 is 0 Å². The molecule has 1 spiro atoms. The standard InChI is InChI=1S/C11H12O3S/c1-8-9-4-2-3-5-10(9)11(14-8)6-15(12,13)7-11/h2-5,8H,6-7H2,1H3. The molecule has 1 unspecified atom stereocenters. The van der Waals surface area contributed by atoms with Crippen LogP contribution in [0.2, 0.25) is 0 Å². The topological polar surface area (TPSA) is 43.4 Å². The molecule has 0 saturated carbocycles. The Balaban J connectivity index is 2.11. The highest BCUT2D eigenvalue weighted by Crippen LogP contribution is 2.49. The first-order valence-corrected chi connectivity index (χ1v) is 6.82. The fraction of sp³-hybridized carbons (Fsp3) is 0.455. The molecule has 1 fully saturated rings. The minimum atomic E-state index is -2.86. The van der Waals surface area contributed by atoms with Gasteiger partial charge in [-0.25, -0.2) is 8.42 Å². The zero-order valence-electron chi connectivity index (χ0n) is 8.43. The summed E-state index contributed by atoms with van der Waals surface area (Å²) in [6, 6.07) is 7.89. The third-order valence-electron chi connectivity index (χ3n) is 3.20. The fourth-order valence-electron chi connectivity index (χ4n) is 2.62. The van der Waals surface area contributed by atoms with Crippen molar-refractivity contribution in [1.29, 1.82) is 0 Å². The van der Waals surface area contributed by atoms with Crippen molar-refractivity contribution in [1.82, 2.24) is 0 Å². The summed E-state index contributed by atoms with van der Waals surface area (Å²) in [5.74, 6) is 0.280. The molecule has 4 heteroatoms. The van der Waals surface area contributed by atoms with Gasteiger partial charge in [0, 0.05) is 0 Å². The SMILES string of the molecule is CC1OC2(CS(=O)(=O)C2)c2ccccc21. The lowest BCUT2D eigenvalue weighted by Gasteiger charge is -2.37. The Morgan fingerprint density at radius 3 is 2.67 bits per heavy atom. The molecule has 3 rings (SSSR count). The Morgan fingerprint density at radius 2 is 2.00 bits per heavy atom. The van der Waals surface area contributed by atoms with Crippen LogP contribution in [0.1, 0.15) is 24.2 Å². The molecule has 0 radical (unpaired) electrons. The normalized spacial score (nSPS) is 29.8. The van der Waals surface area contributed by atoms with Crippen molar-refractivity contribution in [3.8, 4) is 0 Å². The summed E-state index contributed by atoms with van der Waals surface area (Å²) in [5.41, 5.74) is 1.66. The van der Waals surface area contributed by atoms with Crippen LogP contribution in [0.5, 0.6) is 0 Å². The molecule has 0 N–H and O–H groups in total.